The van der Waals surface area contributed by atoms with E-state index in [1.807, 2.05) is 7.05 Å². The fourth-order valence-electron chi connectivity index (χ4n) is 1.30. The normalized spacial score (nSPS) is 14.2. The van der Waals surface area contributed by atoms with Gasteiger partial charge >= 0.3 is 0 Å². The van der Waals surface area contributed by atoms with E-state index in [1.54, 1.807) is 0 Å². The molecule has 1 aromatic heterocycles. The van der Waals surface area contributed by atoms with Crippen LogP contribution < -0.4 is 5.32 Å². The second-order valence-electron chi connectivity index (χ2n) is 4.43. The minimum atomic E-state index is -0.0305. The zero-order valence-electron chi connectivity index (χ0n) is 10.3. The van der Waals surface area contributed by atoms with E-state index in [9.17, 15) is 0 Å². The van der Waals surface area contributed by atoms with Crippen molar-refractivity contribution in [1.82, 2.24) is 15.5 Å². The second kappa shape index (κ2) is 4.75. The van der Waals surface area contributed by atoms with E-state index < -0.39 is 0 Å². The van der Waals surface area contributed by atoms with Crippen LogP contribution in [0.5, 0.6) is 0 Å². The van der Waals surface area contributed by atoms with Crippen LogP contribution in [0.1, 0.15) is 58.4 Å². The van der Waals surface area contributed by atoms with Crippen LogP contribution in [-0.4, -0.2) is 17.2 Å². The molecular weight excluding hydrogens is 190 g/mol. The highest BCUT2D eigenvalue weighted by Crippen LogP contribution is 2.26. The van der Waals surface area contributed by atoms with E-state index in [4.69, 9.17) is 4.42 Å². The summed E-state index contributed by atoms with van der Waals surface area (Å²) in [6.45, 7) is 8.45. The lowest BCUT2D eigenvalue weighted by atomic mass is 9.90. The van der Waals surface area contributed by atoms with Gasteiger partial charge in [-0.25, -0.2) is 0 Å². The Morgan fingerprint density at radius 3 is 2.47 bits per heavy atom. The molecule has 0 amide bonds. The lowest BCUT2D eigenvalue weighted by Gasteiger charge is -2.16. The van der Waals surface area contributed by atoms with Gasteiger partial charge in [0, 0.05) is 5.41 Å². The average molecular weight is 211 g/mol. The standard InChI is InChI=1S/C11H21N3O/c1-6-8(12-5)9-13-14-10(15-9)11(3,4)7-2/h8,12H,6-7H2,1-5H3. The van der Waals surface area contributed by atoms with Crippen LogP contribution in [0.25, 0.3) is 0 Å². The van der Waals surface area contributed by atoms with E-state index in [1.165, 1.54) is 0 Å². The first-order chi connectivity index (χ1) is 7.05. The number of hydrogen-bond donors (Lipinski definition) is 1. The molecule has 0 spiro atoms. The third-order valence-corrected chi connectivity index (χ3v) is 2.96. The zero-order valence-corrected chi connectivity index (χ0v) is 10.3. The molecule has 1 unspecified atom stereocenters. The number of rotatable bonds is 5. The highest BCUT2D eigenvalue weighted by atomic mass is 16.4. The van der Waals surface area contributed by atoms with Gasteiger partial charge in [-0.3, -0.25) is 0 Å². The van der Waals surface area contributed by atoms with Crippen LogP contribution in [0.15, 0.2) is 4.42 Å². The Morgan fingerprint density at radius 1 is 1.33 bits per heavy atom. The maximum atomic E-state index is 5.70. The van der Waals surface area contributed by atoms with Crippen molar-refractivity contribution in [3.63, 3.8) is 0 Å². The lowest BCUT2D eigenvalue weighted by Crippen LogP contribution is -2.16. The van der Waals surface area contributed by atoms with Crippen LogP contribution in [-0.2, 0) is 5.41 Å². The van der Waals surface area contributed by atoms with E-state index in [-0.39, 0.29) is 11.5 Å². The summed E-state index contributed by atoms with van der Waals surface area (Å²) < 4.78 is 5.70. The van der Waals surface area contributed by atoms with E-state index >= 15 is 0 Å². The van der Waals surface area contributed by atoms with Crippen LogP contribution in [0.3, 0.4) is 0 Å². The van der Waals surface area contributed by atoms with E-state index in [2.05, 4.69) is 43.2 Å². The molecule has 86 valence electrons. The predicted molar refractivity (Wildman–Crippen MR) is 59.7 cm³/mol. The quantitative estimate of drug-likeness (QED) is 0.812. The van der Waals surface area contributed by atoms with Gasteiger partial charge in [-0.05, 0) is 19.9 Å². The fourth-order valence-corrected chi connectivity index (χ4v) is 1.30. The average Bonchev–Trinajstić information content (AvgIpc) is 2.70. The Morgan fingerprint density at radius 2 is 2.00 bits per heavy atom. The summed E-state index contributed by atoms with van der Waals surface area (Å²) in [7, 11) is 1.91. The van der Waals surface area contributed by atoms with Gasteiger partial charge in [-0.1, -0.05) is 27.7 Å². The van der Waals surface area contributed by atoms with E-state index in [0.717, 1.165) is 18.7 Å². The Hall–Kier alpha value is -0.900. The topological polar surface area (TPSA) is 51.0 Å². The van der Waals surface area contributed by atoms with Gasteiger partial charge in [0.25, 0.3) is 0 Å². The summed E-state index contributed by atoms with van der Waals surface area (Å²) in [5, 5.41) is 11.4. The highest BCUT2D eigenvalue weighted by Gasteiger charge is 2.26. The molecular formula is C11H21N3O. The molecule has 4 heteroatoms. The Labute approximate surface area is 91.5 Å². The van der Waals surface area contributed by atoms with E-state index in [0.29, 0.717) is 5.89 Å². The van der Waals surface area contributed by atoms with Crippen molar-refractivity contribution in [2.75, 3.05) is 7.05 Å². The van der Waals surface area contributed by atoms with Gasteiger partial charge in [0.1, 0.15) is 0 Å². The summed E-state index contributed by atoms with van der Waals surface area (Å²) >= 11 is 0. The first-order valence-corrected chi connectivity index (χ1v) is 5.56. The molecule has 15 heavy (non-hydrogen) atoms. The molecule has 0 aliphatic carbocycles. The highest BCUT2D eigenvalue weighted by molar-refractivity contribution is 5.00. The Kier molecular flexibility index (Phi) is 3.85. The SMILES string of the molecule is CCC(NC)c1nnc(C(C)(C)CC)o1. The minimum Gasteiger partial charge on any atom is -0.423 e. The second-order valence-corrected chi connectivity index (χ2v) is 4.43. The first-order valence-electron chi connectivity index (χ1n) is 5.56. The van der Waals surface area contributed by atoms with Crippen LogP contribution >= 0.6 is 0 Å². The summed E-state index contributed by atoms with van der Waals surface area (Å²) in [6, 6.07) is 0.166. The lowest BCUT2D eigenvalue weighted by molar-refractivity contribution is 0.322. The molecule has 1 rings (SSSR count). The molecule has 1 atom stereocenters. The van der Waals surface area contributed by atoms with Gasteiger partial charge in [-0.15, -0.1) is 10.2 Å². The molecule has 0 aromatic carbocycles. The van der Waals surface area contributed by atoms with Crippen molar-refractivity contribution in [2.45, 2.75) is 52.0 Å². The molecule has 1 aromatic rings. The van der Waals surface area contributed by atoms with Gasteiger partial charge in [-0.2, -0.15) is 0 Å². The molecule has 0 aliphatic rings. The first kappa shape index (κ1) is 12.2. The maximum absolute atomic E-state index is 5.70. The largest absolute Gasteiger partial charge is 0.423 e. The maximum Gasteiger partial charge on any atom is 0.233 e. The van der Waals surface area contributed by atoms with Crippen LogP contribution in [0, 0.1) is 0 Å². The molecule has 1 N–H and O–H groups in total. The third-order valence-electron chi connectivity index (χ3n) is 2.96. The summed E-state index contributed by atoms with van der Waals surface area (Å²) in [4.78, 5) is 0. The molecule has 0 saturated carbocycles. The van der Waals surface area contributed by atoms with Gasteiger partial charge < -0.3 is 9.73 Å². The number of hydrogen-bond acceptors (Lipinski definition) is 4. The summed E-state index contributed by atoms with van der Waals surface area (Å²) in [6.07, 6.45) is 1.94. The van der Waals surface area contributed by atoms with Crippen molar-refractivity contribution >= 4 is 0 Å². The Balaban J connectivity index is 2.89. The number of nitrogens with zero attached hydrogens (tertiary/aromatic N) is 2. The van der Waals surface area contributed by atoms with Gasteiger partial charge in [0.15, 0.2) is 0 Å². The molecule has 0 saturated heterocycles. The summed E-state index contributed by atoms with van der Waals surface area (Å²) in [5.74, 6) is 1.42. The molecule has 0 bridgehead atoms. The summed E-state index contributed by atoms with van der Waals surface area (Å²) in [5.41, 5.74) is -0.0305. The monoisotopic (exact) mass is 211 g/mol. The zero-order chi connectivity index (χ0) is 11.5. The molecule has 0 fully saturated rings. The predicted octanol–water partition coefficient (Wildman–Crippen LogP) is 2.43. The van der Waals surface area contributed by atoms with Crippen LogP contribution in [0.4, 0.5) is 0 Å². The van der Waals surface area contributed by atoms with Crippen LogP contribution in [0.2, 0.25) is 0 Å². The molecule has 0 aliphatic heterocycles. The number of nitrogens with one attached hydrogen (secondary N) is 1. The van der Waals surface area contributed by atoms with Gasteiger partial charge in [0.2, 0.25) is 11.8 Å². The molecule has 1 heterocycles. The minimum absolute atomic E-state index is 0.0305. The third kappa shape index (κ3) is 2.56. The van der Waals surface area contributed by atoms with Gasteiger partial charge in [0.05, 0.1) is 6.04 Å². The van der Waals surface area contributed by atoms with Crippen molar-refractivity contribution in [3.05, 3.63) is 11.8 Å². The number of aromatic nitrogens is 2. The van der Waals surface area contributed by atoms with Crippen molar-refractivity contribution in [2.24, 2.45) is 0 Å². The fraction of sp³-hybridized carbons (Fsp3) is 0.818. The van der Waals surface area contributed by atoms with Crippen molar-refractivity contribution in [3.8, 4) is 0 Å². The van der Waals surface area contributed by atoms with Crippen molar-refractivity contribution < 1.29 is 4.42 Å². The Bertz CT molecular complexity index is 303. The molecule has 0 radical (unpaired) electrons. The molecule has 4 nitrogen and oxygen atoms in total. The smallest absolute Gasteiger partial charge is 0.233 e. The van der Waals surface area contributed by atoms with Crippen molar-refractivity contribution in [1.29, 1.82) is 0 Å².